The Bertz CT molecular complexity index is 671. The molecule has 0 bridgehead atoms. The SMILES string of the molecule is Cc1ncc(CO)c(/C=N\NC(=O)c2ccncc2)c1O. The van der Waals surface area contributed by atoms with Gasteiger partial charge < -0.3 is 10.2 Å². The summed E-state index contributed by atoms with van der Waals surface area (Å²) in [4.78, 5) is 19.5. The van der Waals surface area contributed by atoms with E-state index in [1.165, 1.54) is 24.8 Å². The van der Waals surface area contributed by atoms with Crippen LogP contribution in [-0.2, 0) is 6.61 Å². The highest BCUT2D eigenvalue weighted by molar-refractivity contribution is 5.95. The summed E-state index contributed by atoms with van der Waals surface area (Å²) in [6, 6.07) is 3.11. The fraction of sp³-hybridized carbons (Fsp3) is 0.143. The number of carbonyl (C=O) groups is 1. The third-order valence-corrected chi connectivity index (χ3v) is 2.83. The highest BCUT2D eigenvalue weighted by Gasteiger charge is 2.09. The Kier molecular flexibility index (Phi) is 4.57. The van der Waals surface area contributed by atoms with Crippen LogP contribution in [0.15, 0.2) is 35.8 Å². The topological polar surface area (TPSA) is 108 Å². The van der Waals surface area contributed by atoms with Crippen molar-refractivity contribution in [2.45, 2.75) is 13.5 Å². The smallest absolute Gasteiger partial charge is 0.271 e. The Balaban J connectivity index is 2.15. The second kappa shape index (κ2) is 6.58. The lowest BCUT2D eigenvalue weighted by Crippen LogP contribution is -2.17. The highest BCUT2D eigenvalue weighted by atomic mass is 16.3. The molecule has 2 aromatic rings. The number of pyridine rings is 2. The first-order chi connectivity index (χ1) is 10.1. The molecule has 0 fully saturated rings. The number of aromatic hydroxyl groups is 1. The molecule has 7 nitrogen and oxygen atoms in total. The number of aliphatic hydroxyl groups excluding tert-OH is 1. The zero-order valence-corrected chi connectivity index (χ0v) is 11.3. The second-order valence-corrected chi connectivity index (χ2v) is 4.22. The lowest BCUT2D eigenvalue weighted by molar-refractivity contribution is 0.0955. The second-order valence-electron chi connectivity index (χ2n) is 4.22. The van der Waals surface area contributed by atoms with Gasteiger partial charge in [-0.15, -0.1) is 0 Å². The number of hydrazone groups is 1. The van der Waals surface area contributed by atoms with E-state index in [2.05, 4.69) is 20.5 Å². The summed E-state index contributed by atoms with van der Waals surface area (Å²) in [5.41, 5.74) is 3.90. The summed E-state index contributed by atoms with van der Waals surface area (Å²) in [6.07, 6.45) is 5.72. The number of nitrogens with zero attached hydrogens (tertiary/aromatic N) is 3. The minimum Gasteiger partial charge on any atom is -0.505 e. The van der Waals surface area contributed by atoms with Gasteiger partial charge in [0.1, 0.15) is 5.75 Å². The molecule has 0 spiro atoms. The number of aromatic nitrogens is 2. The van der Waals surface area contributed by atoms with Gasteiger partial charge in [0.2, 0.25) is 0 Å². The zero-order valence-electron chi connectivity index (χ0n) is 11.3. The largest absolute Gasteiger partial charge is 0.505 e. The van der Waals surface area contributed by atoms with Crippen molar-refractivity contribution in [3.63, 3.8) is 0 Å². The molecule has 7 heteroatoms. The van der Waals surface area contributed by atoms with E-state index in [4.69, 9.17) is 0 Å². The summed E-state index contributed by atoms with van der Waals surface area (Å²) < 4.78 is 0. The Labute approximate surface area is 121 Å². The predicted molar refractivity (Wildman–Crippen MR) is 75.9 cm³/mol. The zero-order chi connectivity index (χ0) is 15.2. The lowest BCUT2D eigenvalue weighted by atomic mass is 10.1. The number of aryl methyl sites for hydroxylation is 1. The van der Waals surface area contributed by atoms with Gasteiger partial charge in [0, 0.05) is 35.3 Å². The number of hydrogen-bond acceptors (Lipinski definition) is 6. The monoisotopic (exact) mass is 286 g/mol. The number of amides is 1. The first kappa shape index (κ1) is 14.6. The fourth-order valence-electron chi connectivity index (χ4n) is 1.65. The van der Waals surface area contributed by atoms with Gasteiger partial charge >= 0.3 is 0 Å². The van der Waals surface area contributed by atoms with Crippen molar-refractivity contribution >= 4 is 12.1 Å². The van der Waals surface area contributed by atoms with Crippen molar-refractivity contribution in [3.05, 3.63) is 53.1 Å². The van der Waals surface area contributed by atoms with E-state index < -0.39 is 5.91 Å². The molecular formula is C14H14N4O3. The van der Waals surface area contributed by atoms with Crippen molar-refractivity contribution in [3.8, 4) is 5.75 Å². The molecule has 0 unspecified atom stereocenters. The molecule has 0 aliphatic heterocycles. The van der Waals surface area contributed by atoms with Gasteiger partial charge in [-0.25, -0.2) is 5.43 Å². The summed E-state index contributed by atoms with van der Waals surface area (Å²) in [5, 5.41) is 22.9. The standard InChI is InChI=1S/C14H14N4O3/c1-9-13(20)12(11(8-19)6-16-9)7-17-18-14(21)10-2-4-15-5-3-10/h2-7,19-20H,8H2,1H3,(H,18,21)/b17-7-. The summed E-state index contributed by atoms with van der Waals surface area (Å²) in [6.45, 7) is 1.34. The molecule has 2 aromatic heterocycles. The number of hydrogen-bond donors (Lipinski definition) is 3. The van der Waals surface area contributed by atoms with Crippen LogP contribution < -0.4 is 5.43 Å². The van der Waals surface area contributed by atoms with Crippen LogP contribution in [0.25, 0.3) is 0 Å². The van der Waals surface area contributed by atoms with Crippen LogP contribution in [0.4, 0.5) is 0 Å². The molecule has 0 saturated heterocycles. The maximum absolute atomic E-state index is 11.8. The highest BCUT2D eigenvalue weighted by Crippen LogP contribution is 2.21. The van der Waals surface area contributed by atoms with Crippen LogP contribution in [0.3, 0.4) is 0 Å². The molecule has 0 saturated carbocycles. The molecule has 2 heterocycles. The third kappa shape index (κ3) is 3.40. The molecule has 2 rings (SSSR count). The van der Waals surface area contributed by atoms with Crippen molar-refractivity contribution in [2.24, 2.45) is 5.10 Å². The van der Waals surface area contributed by atoms with E-state index in [0.717, 1.165) is 0 Å². The summed E-state index contributed by atoms with van der Waals surface area (Å²) in [5.74, 6) is -0.479. The van der Waals surface area contributed by atoms with E-state index >= 15 is 0 Å². The van der Waals surface area contributed by atoms with Gasteiger partial charge in [-0.05, 0) is 19.1 Å². The Hall–Kier alpha value is -2.80. The summed E-state index contributed by atoms with van der Waals surface area (Å²) >= 11 is 0. The number of aliphatic hydroxyl groups is 1. The Morgan fingerprint density at radius 1 is 1.43 bits per heavy atom. The van der Waals surface area contributed by atoms with Crippen molar-refractivity contribution in [1.29, 1.82) is 0 Å². The molecule has 0 aliphatic carbocycles. The minimum atomic E-state index is -0.399. The quantitative estimate of drug-likeness (QED) is 0.567. The van der Waals surface area contributed by atoms with Crippen LogP contribution in [0.2, 0.25) is 0 Å². The lowest BCUT2D eigenvalue weighted by Gasteiger charge is -2.07. The molecule has 0 aromatic carbocycles. The van der Waals surface area contributed by atoms with E-state index in [1.54, 1.807) is 19.1 Å². The van der Waals surface area contributed by atoms with E-state index in [9.17, 15) is 15.0 Å². The van der Waals surface area contributed by atoms with Crippen LogP contribution in [0.1, 0.15) is 27.2 Å². The first-order valence-corrected chi connectivity index (χ1v) is 6.15. The molecule has 0 radical (unpaired) electrons. The van der Waals surface area contributed by atoms with Gasteiger partial charge in [0.05, 0.1) is 18.5 Å². The Morgan fingerprint density at radius 3 is 2.81 bits per heavy atom. The molecular weight excluding hydrogens is 272 g/mol. The average Bonchev–Trinajstić information content (AvgIpc) is 2.52. The predicted octanol–water partition coefficient (Wildman–Crippen LogP) is 0.747. The maximum atomic E-state index is 11.8. The molecule has 0 atom stereocenters. The number of carbonyl (C=O) groups excluding carboxylic acids is 1. The van der Waals surface area contributed by atoms with Gasteiger partial charge in [0.15, 0.2) is 0 Å². The molecule has 1 amide bonds. The van der Waals surface area contributed by atoms with Crippen LogP contribution in [0, 0.1) is 6.92 Å². The van der Waals surface area contributed by atoms with Crippen LogP contribution in [0.5, 0.6) is 5.75 Å². The fourth-order valence-corrected chi connectivity index (χ4v) is 1.65. The van der Waals surface area contributed by atoms with E-state index in [1.807, 2.05) is 0 Å². The number of rotatable bonds is 4. The van der Waals surface area contributed by atoms with Crippen molar-refractivity contribution in [1.82, 2.24) is 15.4 Å². The van der Waals surface area contributed by atoms with E-state index in [-0.39, 0.29) is 12.4 Å². The van der Waals surface area contributed by atoms with Crippen LogP contribution >= 0.6 is 0 Å². The molecule has 0 aliphatic rings. The minimum absolute atomic E-state index is 0.0801. The van der Waals surface area contributed by atoms with Crippen molar-refractivity contribution < 1.29 is 15.0 Å². The van der Waals surface area contributed by atoms with Gasteiger partial charge in [0.25, 0.3) is 5.91 Å². The average molecular weight is 286 g/mol. The summed E-state index contributed by atoms with van der Waals surface area (Å²) in [7, 11) is 0. The maximum Gasteiger partial charge on any atom is 0.271 e. The molecule has 3 N–H and O–H groups in total. The van der Waals surface area contributed by atoms with Crippen LogP contribution in [-0.4, -0.2) is 32.3 Å². The normalized spacial score (nSPS) is 10.8. The van der Waals surface area contributed by atoms with E-state index in [0.29, 0.717) is 22.4 Å². The first-order valence-electron chi connectivity index (χ1n) is 6.15. The van der Waals surface area contributed by atoms with Crippen molar-refractivity contribution in [2.75, 3.05) is 0 Å². The third-order valence-electron chi connectivity index (χ3n) is 2.83. The van der Waals surface area contributed by atoms with Gasteiger partial charge in [-0.1, -0.05) is 0 Å². The number of nitrogens with one attached hydrogen (secondary N) is 1. The molecule has 21 heavy (non-hydrogen) atoms. The van der Waals surface area contributed by atoms with Gasteiger partial charge in [-0.3, -0.25) is 14.8 Å². The Morgan fingerprint density at radius 2 is 2.14 bits per heavy atom. The molecule has 108 valence electrons. The van der Waals surface area contributed by atoms with Gasteiger partial charge in [-0.2, -0.15) is 5.10 Å².